The van der Waals surface area contributed by atoms with Crippen LogP contribution in [0.25, 0.3) is 0 Å². The highest BCUT2D eigenvalue weighted by Crippen LogP contribution is 2.14. The molecule has 0 aliphatic rings. The summed E-state index contributed by atoms with van der Waals surface area (Å²) < 4.78 is 10.7. The molecule has 0 saturated carbocycles. The van der Waals surface area contributed by atoms with Crippen molar-refractivity contribution >= 4 is 0 Å². The molecule has 0 bridgehead atoms. The number of nitrogens with zero attached hydrogens (tertiary/aromatic N) is 2. The van der Waals surface area contributed by atoms with Crippen molar-refractivity contribution in [3.63, 3.8) is 0 Å². The Morgan fingerprint density at radius 1 is 1.35 bits per heavy atom. The summed E-state index contributed by atoms with van der Waals surface area (Å²) in [6.45, 7) is 6.40. The summed E-state index contributed by atoms with van der Waals surface area (Å²) in [4.78, 5) is 8.25. The van der Waals surface area contributed by atoms with Gasteiger partial charge in [-0.15, -0.1) is 0 Å². The lowest BCUT2D eigenvalue weighted by atomic mass is 10.2. The summed E-state index contributed by atoms with van der Waals surface area (Å²) in [6.07, 6.45) is 2.53. The quantitative estimate of drug-likeness (QED) is 0.698. The predicted octanol–water partition coefficient (Wildman–Crippen LogP) is 1.56. The van der Waals surface area contributed by atoms with Gasteiger partial charge in [-0.3, -0.25) is 0 Å². The Morgan fingerprint density at radius 3 is 2.82 bits per heavy atom. The number of hydrogen-bond acceptors (Lipinski definition) is 5. The van der Waals surface area contributed by atoms with Gasteiger partial charge in [0.2, 0.25) is 5.88 Å². The van der Waals surface area contributed by atoms with Crippen molar-refractivity contribution < 1.29 is 9.47 Å². The third-order valence-corrected chi connectivity index (χ3v) is 2.31. The topological polar surface area (TPSA) is 56.3 Å². The van der Waals surface area contributed by atoms with Gasteiger partial charge >= 0.3 is 0 Å². The lowest BCUT2D eigenvalue weighted by Crippen LogP contribution is -2.26. The maximum atomic E-state index is 5.56. The SMILES string of the molecule is CCCOCC(NCC)c1cc(OC)ncn1. The van der Waals surface area contributed by atoms with Gasteiger partial charge in [-0.1, -0.05) is 13.8 Å². The summed E-state index contributed by atoms with van der Waals surface area (Å²) >= 11 is 0. The van der Waals surface area contributed by atoms with Crippen LogP contribution >= 0.6 is 0 Å². The molecule has 0 amide bonds. The molecule has 0 saturated heterocycles. The fourth-order valence-electron chi connectivity index (χ4n) is 1.50. The fourth-order valence-corrected chi connectivity index (χ4v) is 1.50. The van der Waals surface area contributed by atoms with Crippen LogP contribution in [0.3, 0.4) is 0 Å². The second kappa shape index (κ2) is 7.97. The first-order valence-corrected chi connectivity index (χ1v) is 5.98. The number of methoxy groups -OCH3 is 1. The Bertz CT molecular complexity index is 320. The molecule has 1 heterocycles. The van der Waals surface area contributed by atoms with Crippen molar-refractivity contribution in [2.45, 2.75) is 26.3 Å². The number of hydrogen-bond donors (Lipinski definition) is 1. The van der Waals surface area contributed by atoms with Crippen molar-refractivity contribution in [2.24, 2.45) is 0 Å². The molecular formula is C12H21N3O2. The summed E-state index contributed by atoms with van der Waals surface area (Å²) in [5, 5.41) is 3.34. The van der Waals surface area contributed by atoms with E-state index in [1.165, 1.54) is 6.33 Å². The molecule has 1 aromatic rings. The van der Waals surface area contributed by atoms with Crippen molar-refractivity contribution in [1.29, 1.82) is 0 Å². The predicted molar refractivity (Wildman–Crippen MR) is 66.1 cm³/mol. The molecular weight excluding hydrogens is 218 g/mol. The molecule has 1 rings (SSSR count). The maximum Gasteiger partial charge on any atom is 0.216 e. The number of aromatic nitrogens is 2. The maximum absolute atomic E-state index is 5.56. The molecule has 0 spiro atoms. The van der Waals surface area contributed by atoms with E-state index in [2.05, 4.69) is 29.1 Å². The Balaban J connectivity index is 2.66. The largest absolute Gasteiger partial charge is 0.481 e. The molecule has 96 valence electrons. The van der Waals surface area contributed by atoms with E-state index >= 15 is 0 Å². The molecule has 0 aromatic carbocycles. The lowest BCUT2D eigenvalue weighted by Gasteiger charge is -2.17. The van der Waals surface area contributed by atoms with Crippen LogP contribution < -0.4 is 10.1 Å². The number of nitrogens with one attached hydrogen (secondary N) is 1. The normalized spacial score (nSPS) is 12.4. The molecule has 1 N–H and O–H groups in total. The van der Waals surface area contributed by atoms with Crippen molar-refractivity contribution in [3.05, 3.63) is 18.1 Å². The lowest BCUT2D eigenvalue weighted by molar-refractivity contribution is 0.111. The van der Waals surface area contributed by atoms with Crippen LogP contribution in [0.15, 0.2) is 12.4 Å². The van der Waals surface area contributed by atoms with Crippen LogP contribution in [0, 0.1) is 0 Å². The van der Waals surface area contributed by atoms with E-state index in [-0.39, 0.29) is 6.04 Å². The van der Waals surface area contributed by atoms with Crippen LogP contribution in [0.5, 0.6) is 5.88 Å². The molecule has 0 aliphatic heterocycles. The minimum atomic E-state index is 0.0865. The Hall–Kier alpha value is -1.20. The summed E-state index contributed by atoms with van der Waals surface area (Å²) in [5.41, 5.74) is 0.898. The molecule has 1 unspecified atom stereocenters. The Labute approximate surface area is 103 Å². The molecule has 5 nitrogen and oxygen atoms in total. The number of likely N-dealkylation sites (N-methyl/N-ethyl adjacent to an activating group) is 1. The first kappa shape index (κ1) is 13.9. The van der Waals surface area contributed by atoms with E-state index in [0.717, 1.165) is 25.3 Å². The average Bonchev–Trinajstić information content (AvgIpc) is 2.38. The monoisotopic (exact) mass is 239 g/mol. The summed E-state index contributed by atoms with van der Waals surface area (Å²) in [5.74, 6) is 0.577. The molecule has 0 radical (unpaired) electrons. The first-order chi connectivity index (χ1) is 8.31. The van der Waals surface area contributed by atoms with Gasteiger partial charge < -0.3 is 14.8 Å². The third-order valence-electron chi connectivity index (χ3n) is 2.31. The van der Waals surface area contributed by atoms with Gasteiger partial charge in [-0.05, 0) is 13.0 Å². The zero-order valence-corrected chi connectivity index (χ0v) is 10.8. The highest BCUT2D eigenvalue weighted by Gasteiger charge is 2.13. The average molecular weight is 239 g/mol. The zero-order chi connectivity index (χ0) is 12.5. The van der Waals surface area contributed by atoms with E-state index in [4.69, 9.17) is 9.47 Å². The van der Waals surface area contributed by atoms with Gasteiger partial charge in [0.15, 0.2) is 0 Å². The molecule has 5 heteroatoms. The van der Waals surface area contributed by atoms with Gasteiger partial charge in [0.25, 0.3) is 0 Å². The van der Waals surface area contributed by atoms with Crippen LogP contribution in [0.1, 0.15) is 32.0 Å². The molecule has 1 atom stereocenters. The Morgan fingerprint density at radius 2 is 2.18 bits per heavy atom. The second-order valence-electron chi connectivity index (χ2n) is 3.67. The van der Waals surface area contributed by atoms with Gasteiger partial charge in [0, 0.05) is 12.7 Å². The first-order valence-electron chi connectivity index (χ1n) is 5.98. The van der Waals surface area contributed by atoms with Crippen molar-refractivity contribution in [3.8, 4) is 5.88 Å². The van der Waals surface area contributed by atoms with Gasteiger partial charge in [0.05, 0.1) is 25.5 Å². The standard InChI is InChI=1S/C12H21N3O2/c1-4-6-17-8-11(13-5-2)10-7-12(16-3)15-9-14-10/h7,9,11,13H,4-6,8H2,1-3H3. The summed E-state index contributed by atoms with van der Waals surface area (Å²) in [6, 6.07) is 1.92. The van der Waals surface area contributed by atoms with Crippen LogP contribution in [0.2, 0.25) is 0 Å². The van der Waals surface area contributed by atoms with E-state index in [9.17, 15) is 0 Å². The van der Waals surface area contributed by atoms with Gasteiger partial charge in [-0.25, -0.2) is 9.97 Å². The Kier molecular flexibility index (Phi) is 6.50. The van der Waals surface area contributed by atoms with Crippen molar-refractivity contribution in [2.75, 3.05) is 26.9 Å². The van der Waals surface area contributed by atoms with Gasteiger partial charge in [-0.2, -0.15) is 0 Å². The summed E-state index contributed by atoms with van der Waals surface area (Å²) in [7, 11) is 1.60. The van der Waals surface area contributed by atoms with Gasteiger partial charge in [0.1, 0.15) is 6.33 Å². The highest BCUT2D eigenvalue weighted by atomic mass is 16.5. The third kappa shape index (κ3) is 4.66. The minimum Gasteiger partial charge on any atom is -0.481 e. The molecule has 1 aromatic heterocycles. The van der Waals surface area contributed by atoms with E-state index in [1.54, 1.807) is 7.11 Å². The van der Waals surface area contributed by atoms with Crippen molar-refractivity contribution in [1.82, 2.24) is 15.3 Å². The second-order valence-corrected chi connectivity index (χ2v) is 3.67. The van der Waals surface area contributed by atoms with Crippen LogP contribution in [0.4, 0.5) is 0 Å². The van der Waals surface area contributed by atoms with Crippen LogP contribution in [-0.4, -0.2) is 36.8 Å². The fraction of sp³-hybridized carbons (Fsp3) is 0.667. The molecule has 17 heavy (non-hydrogen) atoms. The number of rotatable bonds is 8. The minimum absolute atomic E-state index is 0.0865. The van der Waals surface area contributed by atoms with E-state index in [0.29, 0.717) is 12.5 Å². The molecule has 0 fully saturated rings. The van der Waals surface area contributed by atoms with E-state index < -0.39 is 0 Å². The van der Waals surface area contributed by atoms with E-state index in [1.807, 2.05) is 6.07 Å². The highest BCUT2D eigenvalue weighted by molar-refractivity contribution is 5.16. The molecule has 0 aliphatic carbocycles. The number of ether oxygens (including phenoxy) is 2. The van der Waals surface area contributed by atoms with Crippen LogP contribution in [-0.2, 0) is 4.74 Å². The smallest absolute Gasteiger partial charge is 0.216 e. The zero-order valence-electron chi connectivity index (χ0n) is 10.8.